The average molecular weight is 523 g/mol. The highest BCUT2D eigenvalue weighted by Crippen LogP contribution is 2.43. The number of hydrogen-bond acceptors (Lipinski definition) is 5. The van der Waals surface area contributed by atoms with Crippen LogP contribution in [0.2, 0.25) is 0 Å². The van der Waals surface area contributed by atoms with Gasteiger partial charge in [-0.05, 0) is 37.3 Å². The van der Waals surface area contributed by atoms with Crippen molar-refractivity contribution in [3.05, 3.63) is 81.0 Å². The van der Waals surface area contributed by atoms with Gasteiger partial charge in [0.15, 0.2) is 17.0 Å². The molecule has 2 aromatic carbocycles. The molecule has 13 heteroatoms. The molecule has 7 nitrogen and oxygen atoms in total. The van der Waals surface area contributed by atoms with Crippen molar-refractivity contribution in [1.29, 1.82) is 0 Å². The molecule has 3 N–H and O–H groups in total. The molecule has 0 unspecified atom stereocenters. The molecule has 0 saturated carbocycles. The van der Waals surface area contributed by atoms with Crippen LogP contribution in [0.15, 0.2) is 41.3 Å². The van der Waals surface area contributed by atoms with Crippen molar-refractivity contribution in [2.24, 2.45) is 5.73 Å². The minimum atomic E-state index is -5.15. The van der Waals surface area contributed by atoms with Crippen molar-refractivity contribution >= 4 is 16.8 Å². The number of nitrogens with two attached hydrogens (primary N) is 1. The number of methoxy groups -OCH3 is 1. The number of carbonyl (C=O) groups is 1. The zero-order valence-electron chi connectivity index (χ0n) is 18.9. The minimum absolute atomic E-state index is 0.0195. The van der Waals surface area contributed by atoms with Crippen LogP contribution in [0.3, 0.4) is 0 Å². The Hall–Kier alpha value is -4.55. The van der Waals surface area contributed by atoms with Crippen LogP contribution in [0.25, 0.3) is 22.2 Å². The second kappa shape index (κ2) is 9.15. The molecule has 0 aliphatic carbocycles. The summed E-state index contributed by atoms with van der Waals surface area (Å²) in [5.41, 5.74) is 1.78. The Kier molecular flexibility index (Phi) is 6.32. The van der Waals surface area contributed by atoms with Crippen LogP contribution in [0.5, 0.6) is 17.2 Å². The van der Waals surface area contributed by atoms with Gasteiger partial charge in [-0.3, -0.25) is 14.6 Å². The highest BCUT2D eigenvalue weighted by Gasteiger charge is 2.36. The molecule has 0 aliphatic heterocycles. The monoisotopic (exact) mass is 523 g/mol. The number of primary amides is 1. The number of alkyl halides is 3. The highest BCUT2D eigenvalue weighted by atomic mass is 19.4. The Morgan fingerprint density at radius 2 is 1.76 bits per heavy atom. The SMILES string of the molecule is COc1c(Oc2cc(C(F)(F)F)c(F)cc2-c2[nH]c3ccnc(C(N)=O)c3c(=O)c2C)ccc(F)c1F. The molecule has 0 spiro atoms. The van der Waals surface area contributed by atoms with Crippen LogP contribution in [0.4, 0.5) is 26.3 Å². The largest absolute Gasteiger partial charge is 0.490 e. The zero-order chi connectivity index (χ0) is 27.2. The summed E-state index contributed by atoms with van der Waals surface area (Å²) >= 11 is 0. The molecule has 0 bridgehead atoms. The lowest BCUT2D eigenvalue weighted by Crippen LogP contribution is -2.19. The number of rotatable bonds is 5. The van der Waals surface area contributed by atoms with Gasteiger partial charge in [0.05, 0.1) is 29.3 Å². The lowest BCUT2D eigenvalue weighted by Gasteiger charge is -2.18. The second-order valence-corrected chi connectivity index (χ2v) is 7.72. The summed E-state index contributed by atoms with van der Waals surface area (Å²) in [7, 11) is 0.979. The van der Waals surface area contributed by atoms with E-state index in [1.807, 2.05) is 0 Å². The summed E-state index contributed by atoms with van der Waals surface area (Å²) in [6.07, 6.45) is -3.98. The first-order chi connectivity index (χ1) is 17.3. The smallest absolute Gasteiger partial charge is 0.419 e. The van der Waals surface area contributed by atoms with Gasteiger partial charge in [0.2, 0.25) is 11.6 Å². The first-order valence-corrected chi connectivity index (χ1v) is 10.3. The minimum Gasteiger partial charge on any atom is -0.490 e. The maximum Gasteiger partial charge on any atom is 0.419 e. The number of amides is 1. The van der Waals surface area contributed by atoms with E-state index in [2.05, 4.69) is 9.97 Å². The van der Waals surface area contributed by atoms with Gasteiger partial charge in [-0.25, -0.2) is 8.78 Å². The Labute approximate surface area is 203 Å². The van der Waals surface area contributed by atoms with Gasteiger partial charge in [0.1, 0.15) is 17.3 Å². The average Bonchev–Trinajstić information content (AvgIpc) is 2.83. The van der Waals surface area contributed by atoms with Crippen LogP contribution in [-0.2, 0) is 6.18 Å². The lowest BCUT2D eigenvalue weighted by atomic mass is 10.00. The van der Waals surface area contributed by atoms with Gasteiger partial charge < -0.3 is 20.2 Å². The quantitative estimate of drug-likeness (QED) is 0.348. The third kappa shape index (κ3) is 4.43. The Bertz CT molecular complexity index is 1630. The number of ether oxygens (including phenoxy) is 2. The van der Waals surface area contributed by atoms with Gasteiger partial charge in [-0.1, -0.05) is 0 Å². The second-order valence-electron chi connectivity index (χ2n) is 7.72. The Morgan fingerprint density at radius 1 is 1.05 bits per heavy atom. The van der Waals surface area contributed by atoms with Crippen molar-refractivity contribution in [1.82, 2.24) is 9.97 Å². The number of H-pyrrole nitrogens is 1. The molecule has 4 aromatic rings. The van der Waals surface area contributed by atoms with Crippen LogP contribution in [0.1, 0.15) is 21.6 Å². The summed E-state index contributed by atoms with van der Waals surface area (Å²) < 4.78 is 93.3. The number of benzene rings is 2. The first kappa shape index (κ1) is 25.5. The van der Waals surface area contributed by atoms with Crippen LogP contribution in [-0.4, -0.2) is 23.0 Å². The number of nitrogens with one attached hydrogen (secondary N) is 1. The van der Waals surface area contributed by atoms with Crippen molar-refractivity contribution < 1.29 is 40.6 Å². The molecule has 2 aromatic heterocycles. The van der Waals surface area contributed by atoms with Gasteiger partial charge in [-0.2, -0.15) is 17.6 Å². The Morgan fingerprint density at radius 3 is 2.38 bits per heavy atom. The summed E-state index contributed by atoms with van der Waals surface area (Å²) in [6, 6.07) is 3.64. The molecule has 0 fully saturated rings. The number of pyridine rings is 2. The van der Waals surface area contributed by atoms with E-state index in [1.54, 1.807) is 0 Å². The fourth-order valence-corrected chi connectivity index (χ4v) is 3.74. The summed E-state index contributed by atoms with van der Waals surface area (Å²) in [5.74, 6) is -7.43. The third-order valence-corrected chi connectivity index (χ3v) is 5.47. The fraction of sp³-hybridized carbons (Fsp3) is 0.125. The van der Waals surface area contributed by atoms with Gasteiger partial charge in [-0.15, -0.1) is 0 Å². The number of hydrogen-bond donors (Lipinski definition) is 2. The molecule has 192 valence electrons. The number of fused-ring (bicyclic) bond motifs is 1. The molecule has 0 saturated heterocycles. The predicted octanol–water partition coefficient (Wildman–Crippen LogP) is 5.23. The normalized spacial score (nSPS) is 11.6. The summed E-state index contributed by atoms with van der Waals surface area (Å²) in [4.78, 5) is 31.4. The summed E-state index contributed by atoms with van der Waals surface area (Å²) in [5, 5.41) is -0.187. The molecule has 1 amide bonds. The van der Waals surface area contributed by atoms with E-state index in [9.17, 15) is 35.9 Å². The third-order valence-electron chi connectivity index (χ3n) is 5.47. The molecular formula is C24H15F6N3O4. The topological polar surface area (TPSA) is 107 Å². The fourth-order valence-electron chi connectivity index (χ4n) is 3.74. The highest BCUT2D eigenvalue weighted by molar-refractivity contribution is 6.04. The van der Waals surface area contributed by atoms with Gasteiger partial charge in [0.25, 0.3) is 5.91 Å². The number of aromatic nitrogens is 2. The van der Waals surface area contributed by atoms with Gasteiger partial charge in [0, 0.05) is 17.3 Å². The molecule has 0 atom stereocenters. The number of nitrogens with zero attached hydrogens (tertiary/aromatic N) is 1. The predicted molar refractivity (Wildman–Crippen MR) is 119 cm³/mol. The molecule has 2 heterocycles. The van der Waals surface area contributed by atoms with E-state index >= 15 is 0 Å². The summed E-state index contributed by atoms with van der Waals surface area (Å²) in [6.45, 7) is 1.27. The first-order valence-electron chi connectivity index (χ1n) is 10.3. The van der Waals surface area contributed by atoms with E-state index in [0.29, 0.717) is 18.2 Å². The molecule has 4 rings (SSSR count). The molecule has 0 aliphatic rings. The molecular weight excluding hydrogens is 508 g/mol. The van der Waals surface area contributed by atoms with Crippen LogP contribution < -0.4 is 20.6 Å². The van der Waals surface area contributed by atoms with E-state index in [0.717, 1.165) is 19.4 Å². The van der Waals surface area contributed by atoms with E-state index < -0.39 is 57.8 Å². The lowest BCUT2D eigenvalue weighted by molar-refractivity contribution is -0.140. The number of halogens is 6. The molecule has 37 heavy (non-hydrogen) atoms. The van der Waals surface area contributed by atoms with Crippen LogP contribution in [0, 0.1) is 24.4 Å². The van der Waals surface area contributed by atoms with E-state index in [-0.39, 0.29) is 33.4 Å². The standard InChI is InChI=1S/C24H15F6N3O4/c1-9-19(33-14-5-6-32-20(23(31)35)17(14)21(9)34)10-7-13(26)11(24(28,29)30)8-16(10)37-15-4-3-12(25)18(27)22(15)36-2/h3-8H,1-2H3,(H2,31,35)(H,33,34). The van der Waals surface area contributed by atoms with Gasteiger partial charge >= 0.3 is 6.18 Å². The van der Waals surface area contributed by atoms with Crippen molar-refractivity contribution in [3.8, 4) is 28.5 Å². The van der Waals surface area contributed by atoms with Crippen LogP contribution >= 0.6 is 0 Å². The van der Waals surface area contributed by atoms with Crippen molar-refractivity contribution in [2.45, 2.75) is 13.1 Å². The number of aromatic amines is 1. The van der Waals surface area contributed by atoms with Crippen molar-refractivity contribution in [2.75, 3.05) is 7.11 Å². The zero-order valence-corrected chi connectivity index (χ0v) is 18.9. The maximum absolute atomic E-state index is 14.7. The van der Waals surface area contributed by atoms with E-state index in [4.69, 9.17) is 15.2 Å². The Balaban J connectivity index is 2.04. The van der Waals surface area contributed by atoms with E-state index in [1.165, 1.54) is 13.0 Å². The molecule has 0 radical (unpaired) electrons. The number of carbonyl (C=O) groups excluding carboxylic acids is 1. The van der Waals surface area contributed by atoms with Crippen molar-refractivity contribution in [3.63, 3.8) is 0 Å². The maximum atomic E-state index is 14.7.